The molecule has 0 radical (unpaired) electrons. The molecule has 1 fully saturated rings. The Hall–Kier alpha value is -2.21. The van der Waals surface area contributed by atoms with E-state index in [1.807, 2.05) is 0 Å². The molecule has 3 rings (SSSR count). The van der Waals surface area contributed by atoms with Crippen molar-refractivity contribution in [3.63, 3.8) is 0 Å². The van der Waals surface area contributed by atoms with E-state index in [0.717, 1.165) is 19.3 Å². The first-order valence-electron chi connectivity index (χ1n) is 7.95. The minimum atomic E-state index is -0.484. The van der Waals surface area contributed by atoms with Gasteiger partial charge in [-0.25, -0.2) is 9.18 Å². The normalized spacial score (nSPS) is 14.1. The van der Waals surface area contributed by atoms with Crippen molar-refractivity contribution in [2.75, 3.05) is 11.9 Å². The summed E-state index contributed by atoms with van der Waals surface area (Å²) in [5.74, 6) is -0.858. The molecule has 1 aliphatic carbocycles. The van der Waals surface area contributed by atoms with Crippen LogP contribution in [0.5, 0.6) is 0 Å². The molecule has 0 spiro atoms. The van der Waals surface area contributed by atoms with Gasteiger partial charge < -0.3 is 10.1 Å². The van der Waals surface area contributed by atoms with Crippen molar-refractivity contribution in [3.8, 4) is 11.1 Å². The van der Waals surface area contributed by atoms with E-state index in [1.54, 1.807) is 24.4 Å². The van der Waals surface area contributed by atoms with Crippen LogP contribution in [0.1, 0.15) is 36.5 Å². The molecule has 0 saturated heterocycles. The van der Waals surface area contributed by atoms with E-state index in [-0.39, 0.29) is 24.2 Å². The monoisotopic (exact) mass is 347 g/mol. The molecule has 1 aromatic heterocycles. The van der Waals surface area contributed by atoms with Gasteiger partial charge in [-0.1, -0.05) is 18.6 Å². The van der Waals surface area contributed by atoms with Gasteiger partial charge in [0.05, 0.1) is 6.61 Å². The minimum absolute atomic E-state index is 0.0245. The van der Waals surface area contributed by atoms with Gasteiger partial charge in [-0.05, 0) is 37.5 Å². The molecule has 0 aliphatic heterocycles. The van der Waals surface area contributed by atoms with Crippen molar-refractivity contribution in [2.24, 2.45) is 5.92 Å². The fourth-order valence-corrected chi connectivity index (χ4v) is 3.54. The summed E-state index contributed by atoms with van der Waals surface area (Å²) in [4.78, 5) is 24.6. The van der Waals surface area contributed by atoms with Gasteiger partial charge in [0.1, 0.15) is 16.4 Å². The maximum atomic E-state index is 13.1. The molecular weight excluding hydrogens is 329 g/mol. The molecular formula is C18H18FNO3S. The first kappa shape index (κ1) is 16.6. The third kappa shape index (κ3) is 3.33. The zero-order valence-corrected chi connectivity index (χ0v) is 14.1. The maximum Gasteiger partial charge on any atom is 0.341 e. The predicted molar refractivity (Wildman–Crippen MR) is 91.6 cm³/mol. The lowest BCUT2D eigenvalue weighted by Crippen LogP contribution is -2.28. The minimum Gasteiger partial charge on any atom is -0.462 e. The summed E-state index contributed by atoms with van der Waals surface area (Å²) in [5.41, 5.74) is 1.68. The third-order valence-electron chi connectivity index (χ3n) is 4.14. The van der Waals surface area contributed by atoms with E-state index in [0.29, 0.717) is 21.7 Å². The Balaban J connectivity index is 1.94. The first-order chi connectivity index (χ1) is 11.6. The second-order valence-corrected chi connectivity index (χ2v) is 6.58. The Morgan fingerprint density at radius 3 is 2.58 bits per heavy atom. The van der Waals surface area contributed by atoms with Crippen LogP contribution in [0.15, 0.2) is 29.6 Å². The van der Waals surface area contributed by atoms with Crippen LogP contribution in [0.25, 0.3) is 11.1 Å². The lowest BCUT2D eigenvalue weighted by molar-refractivity contribution is -0.122. The molecule has 6 heteroatoms. The SMILES string of the molecule is CCOC(=O)c1c(-c2ccc(F)cc2)csc1NC(=O)C1CCC1. The fraction of sp³-hybridized carbons (Fsp3) is 0.333. The highest BCUT2D eigenvalue weighted by atomic mass is 32.1. The van der Waals surface area contributed by atoms with Crippen molar-refractivity contribution in [1.82, 2.24) is 0 Å². The summed E-state index contributed by atoms with van der Waals surface area (Å²) in [6, 6.07) is 5.90. The van der Waals surface area contributed by atoms with Crippen LogP contribution in [0.2, 0.25) is 0 Å². The van der Waals surface area contributed by atoms with Crippen LogP contribution < -0.4 is 5.32 Å². The molecule has 1 heterocycles. The van der Waals surface area contributed by atoms with Gasteiger partial charge in [0.2, 0.25) is 5.91 Å². The smallest absolute Gasteiger partial charge is 0.341 e. The Kier molecular flexibility index (Phi) is 4.94. The number of esters is 1. The number of carbonyl (C=O) groups is 2. The Bertz CT molecular complexity index is 750. The molecule has 1 aromatic carbocycles. The number of halogens is 1. The Morgan fingerprint density at radius 1 is 1.29 bits per heavy atom. The third-order valence-corrected chi connectivity index (χ3v) is 5.03. The van der Waals surface area contributed by atoms with Crippen LogP contribution in [-0.2, 0) is 9.53 Å². The molecule has 1 saturated carbocycles. The van der Waals surface area contributed by atoms with Crippen LogP contribution in [0.4, 0.5) is 9.39 Å². The number of anilines is 1. The molecule has 24 heavy (non-hydrogen) atoms. The van der Waals surface area contributed by atoms with Gasteiger partial charge in [-0.3, -0.25) is 4.79 Å². The average Bonchev–Trinajstić information content (AvgIpc) is 2.90. The first-order valence-corrected chi connectivity index (χ1v) is 8.83. The number of rotatable bonds is 5. The van der Waals surface area contributed by atoms with Gasteiger partial charge in [0.15, 0.2) is 0 Å². The summed E-state index contributed by atoms with van der Waals surface area (Å²) < 4.78 is 18.3. The van der Waals surface area contributed by atoms with Gasteiger partial charge in [0, 0.05) is 16.9 Å². The van der Waals surface area contributed by atoms with Crippen molar-refractivity contribution in [3.05, 3.63) is 41.0 Å². The number of benzene rings is 1. The van der Waals surface area contributed by atoms with E-state index in [1.165, 1.54) is 23.5 Å². The lowest BCUT2D eigenvalue weighted by Gasteiger charge is -2.23. The lowest BCUT2D eigenvalue weighted by atomic mass is 9.85. The number of thiophene rings is 1. The molecule has 1 N–H and O–H groups in total. The van der Waals surface area contributed by atoms with Gasteiger partial charge in [-0.15, -0.1) is 11.3 Å². The summed E-state index contributed by atoms with van der Waals surface area (Å²) in [6.45, 7) is 1.97. The highest BCUT2D eigenvalue weighted by Crippen LogP contribution is 2.37. The van der Waals surface area contributed by atoms with Crippen LogP contribution in [-0.4, -0.2) is 18.5 Å². The molecule has 0 unspecified atom stereocenters. The number of hydrogen-bond donors (Lipinski definition) is 1. The average molecular weight is 347 g/mol. The van der Waals surface area contributed by atoms with Crippen molar-refractivity contribution < 1.29 is 18.7 Å². The van der Waals surface area contributed by atoms with Crippen molar-refractivity contribution >= 4 is 28.2 Å². The highest BCUT2D eigenvalue weighted by molar-refractivity contribution is 7.15. The largest absolute Gasteiger partial charge is 0.462 e. The molecule has 1 amide bonds. The molecule has 0 atom stereocenters. The Labute approximate surface area is 143 Å². The zero-order valence-electron chi connectivity index (χ0n) is 13.3. The number of nitrogens with one attached hydrogen (secondary N) is 1. The summed E-state index contributed by atoms with van der Waals surface area (Å²) in [7, 11) is 0. The van der Waals surface area contributed by atoms with Gasteiger partial charge in [0.25, 0.3) is 0 Å². The molecule has 4 nitrogen and oxygen atoms in total. The number of carbonyl (C=O) groups excluding carboxylic acids is 2. The van der Waals surface area contributed by atoms with Crippen molar-refractivity contribution in [2.45, 2.75) is 26.2 Å². The fourth-order valence-electron chi connectivity index (χ4n) is 2.58. The van der Waals surface area contributed by atoms with Crippen LogP contribution in [0, 0.1) is 11.7 Å². The summed E-state index contributed by atoms with van der Waals surface area (Å²) in [5, 5.41) is 5.14. The van der Waals surface area contributed by atoms with E-state index in [9.17, 15) is 14.0 Å². The number of hydrogen-bond acceptors (Lipinski definition) is 4. The molecule has 126 valence electrons. The van der Waals surface area contributed by atoms with Crippen molar-refractivity contribution in [1.29, 1.82) is 0 Å². The topological polar surface area (TPSA) is 55.4 Å². The second kappa shape index (κ2) is 7.13. The summed E-state index contributed by atoms with van der Waals surface area (Å²) >= 11 is 1.28. The quantitative estimate of drug-likeness (QED) is 0.812. The van der Waals surface area contributed by atoms with Gasteiger partial charge in [-0.2, -0.15) is 0 Å². The number of amides is 1. The van der Waals surface area contributed by atoms with Crippen LogP contribution in [0.3, 0.4) is 0 Å². The number of ether oxygens (including phenoxy) is 1. The molecule has 2 aromatic rings. The van der Waals surface area contributed by atoms with Gasteiger partial charge >= 0.3 is 5.97 Å². The Morgan fingerprint density at radius 2 is 2.00 bits per heavy atom. The zero-order chi connectivity index (χ0) is 17.1. The molecule has 0 bridgehead atoms. The predicted octanol–water partition coefficient (Wildman–Crippen LogP) is 4.47. The summed E-state index contributed by atoms with van der Waals surface area (Å²) in [6.07, 6.45) is 2.83. The van der Waals surface area contributed by atoms with E-state index in [4.69, 9.17) is 4.74 Å². The second-order valence-electron chi connectivity index (χ2n) is 5.70. The van der Waals surface area contributed by atoms with Crippen LogP contribution >= 0.6 is 11.3 Å². The standard InChI is InChI=1S/C18H18FNO3S/c1-2-23-18(22)15-14(11-6-8-13(19)9-7-11)10-24-17(15)20-16(21)12-4-3-5-12/h6-10,12H,2-5H2,1H3,(H,20,21). The van der Waals surface area contributed by atoms with E-state index in [2.05, 4.69) is 5.32 Å². The van der Waals surface area contributed by atoms with E-state index >= 15 is 0 Å². The molecule has 1 aliphatic rings. The maximum absolute atomic E-state index is 13.1. The highest BCUT2D eigenvalue weighted by Gasteiger charge is 2.28. The van der Waals surface area contributed by atoms with E-state index < -0.39 is 5.97 Å².